The summed E-state index contributed by atoms with van der Waals surface area (Å²) in [6.07, 6.45) is 1.79. The number of hydrogen-bond donors (Lipinski definition) is 1. The molecule has 0 bridgehead atoms. The molecule has 0 radical (unpaired) electrons. The van der Waals surface area contributed by atoms with E-state index in [0.717, 1.165) is 22.3 Å². The molecule has 19 heavy (non-hydrogen) atoms. The van der Waals surface area contributed by atoms with E-state index in [1.54, 1.807) is 7.11 Å². The van der Waals surface area contributed by atoms with E-state index in [9.17, 15) is 8.42 Å². The number of ether oxygens (including phenoxy) is 1. The van der Waals surface area contributed by atoms with Crippen molar-refractivity contribution < 1.29 is 13.2 Å². The Morgan fingerprint density at radius 1 is 1.42 bits per heavy atom. The fraction of sp³-hybridized carbons (Fsp3) is 0.538. The first-order chi connectivity index (χ1) is 8.87. The Balaban J connectivity index is 2.98. The van der Waals surface area contributed by atoms with Gasteiger partial charge in [0, 0.05) is 22.3 Å². The minimum Gasteiger partial charge on any atom is -0.496 e. The lowest BCUT2D eigenvalue weighted by molar-refractivity contribution is 0.398. The summed E-state index contributed by atoms with van der Waals surface area (Å²) in [5.41, 5.74) is 0.983. The van der Waals surface area contributed by atoms with Crippen LogP contribution in [0.5, 0.6) is 5.75 Å². The first-order valence-electron chi connectivity index (χ1n) is 6.12. The van der Waals surface area contributed by atoms with Gasteiger partial charge in [-0.2, -0.15) is 0 Å². The third-order valence-corrected chi connectivity index (χ3v) is 4.27. The van der Waals surface area contributed by atoms with Gasteiger partial charge in [0.25, 0.3) is 0 Å². The van der Waals surface area contributed by atoms with Crippen LogP contribution in [0.2, 0.25) is 0 Å². The molecule has 0 aliphatic heterocycles. The van der Waals surface area contributed by atoms with E-state index in [1.165, 1.54) is 6.26 Å². The molecule has 1 aromatic carbocycles. The van der Waals surface area contributed by atoms with E-state index in [0.29, 0.717) is 6.42 Å². The van der Waals surface area contributed by atoms with Crippen LogP contribution in [0.25, 0.3) is 0 Å². The predicted octanol–water partition coefficient (Wildman–Crippen LogP) is 2.54. The average molecular weight is 350 g/mol. The van der Waals surface area contributed by atoms with Gasteiger partial charge in [0.2, 0.25) is 0 Å². The van der Waals surface area contributed by atoms with Crippen LogP contribution in [-0.4, -0.2) is 34.1 Å². The first-order valence-corrected chi connectivity index (χ1v) is 8.97. The van der Waals surface area contributed by atoms with Gasteiger partial charge in [0.05, 0.1) is 12.9 Å². The first kappa shape index (κ1) is 16.5. The zero-order chi connectivity index (χ0) is 14.5. The van der Waals surface area contributed by atoms with Gasteiger partial charge >= 0.3 is 0 Å². The van der Waals surface area contributed by atoms with E-state index in [4.69, 9.17) is 4.74 Å². The average Bonchev–Trinajstić information content (AvgIpc) is 2.33. The summed E-state index contributed by atoms with van der Waals surface area (Å²) in [5.74, 6) is 0.915. The van der Waals surface area contributed by atoms with E-state index in [2.05, 4.69) is 21.2 Å². The van der Waals surface area contributed by atoms with Crippen molar-refractivity contribution >= 4 is 25.8 Å². The fourth-order valence-corrected chi connectivity index (χ4v) is 2.92. The third-order valence-electron chi connectivity index (χ3n) is 2.80. The smallest absolute Gasteiger partial charge is 0.147 e. The molecule has 1 aromatic rings. The summed E-state index contributed by atoms with van der Waals surface area (Å²) in [4.78, 5) is 0. The van der Waals surface area contributed by atoms with Crippen molar-refractivity contribution in [2.24, 2.45) is 0 Å². The highest BCUT2D eigenvalue weighted by atomic mass is 79.9. The standard InChI is InChI=1S/C13H20BrNO3S/c1-4-15-12(7-8-19(3,16)17)11-6-5-10(14)9-13(11)18-2/h5-6,9,12,15H,4,7-8H2,1-3H3. The molecule has 0 spiro atoms. The number of sulfone groups is 1. The van der Waals surface area contributed by atoms with Gasteiger partial charge in [0.15, 0.2) is 0 Å². The molecule has 0 aliphatic carbocycles. The van der Waals surface area contributed by atoms with Gasteiger partial charge in [-0.1, -0.05) is 28.9 Å². The number of nitrogens with one attached hydrogen (secondary N) is 1. The van der Waals surface area contributed by atoms with E-state index in [-0.39, 0.29) is 11.8 Å². The van der Waals surface area contributed by atoms with Gasteiger partial charge in [-0.15, -0.1) is 0 Å². The molecule has 1 atom stereocenters. The van der Waals surface area contributed by atoms with Crippen molar-refractivity contribution in [1.29, 1.82) is 0 Å². The second-order valence-corrected chi connectivity index (χ2v) is 7.59. The van der Waals surface area contributed by atoms with Crippen molar-refractivity contribution in [2.75, 3.05) is 25.7 Å². The lowest BCUT2D eigenvalue weighted by Gasteiger charge is -2.20. The molecule has 1 unspecified atom stereocenters. The molecule has 0 saturated heterocycles. The molecule has 4 nitrogen and oxygen atoms in total. The highest BCUT2D eigenvalue weighted by Gasteiger charge is 2.17. The number of rotatable bonds is 7. The van der Waals surface area contributed by atoms with Crippen LogP contribution < -0.4 is 10.1 Å². The third kappa shape index (κ3) is 5.50. The largest absolute Gasteiger partial charge is 0.496 e. The maximum Gasteiger partial charge on any atom is 0.147 e. The maximum atomic E-state index is 11.3. The second kappa shape index (κ2) is 7.26. The highest BCUT2D eigenvalue weighted by Crippen LogP contribution is 2.30. The summed E-state index contributed by atoms with van der Waals surface area (Å²) in [6, 6.07) is 5.75. The van der Waals surface area contributed by atoms with Crippen molar-refractivity contribution in [3.63, 3.8) is 0 Å². The van der Waals surface area contributed by atoms with Crippen molar-refractivity contribution in [2.45, 2.75) is 19.4 Å². The highest BCUT2D eigenvalue weighted by molar-refractivity contribution is 9.10. The van der Waals surface area contributed by atoms with Gasteiger partial charge in [-0.05, 0) is 25.1 Å². The summed E-state index contributed by atoms with van der Waals surface area (Å²) in [6.45, 7) is 2.77. The van der Waals surface area contributed by atoms with Crippen LogP contribution in [0, 0.1) is 0 Å². The van der Waals surface area contributed by atoms with Gasteiger partial charge in [-0.25, -0.2) is 8.42 Å². The lowest BCUT2D eigenvalue weighted by atomic mass is 10.0. The van der Waals surface area contributed by atoms with E-state index < -0.39 is 9.84 Å². The molecular formula is C13H20BrNO3S. The quantitative estimate of drug-likeness (QED) is 0.821. The van der Waals surface area contributed by atoms with Crippen LogP contribution in [0.3, 0.4) is 0 Å². The van der Waals surface area contributed by atoms with E-state index in [1.807, 2.05) is 25.1 Å². The van der Waals surface area contributed by atoms with Gasteiger partial charge < -0.3 is 10.1 Å². The topological polar surface area (TPSA) is 55.4 Å². The Morgan fingerprint density at radius 2 is 2.11 bits per heavy atom. The van der Waals surface area contributed by atoms with Crippen LogP contribution in [0.15, 0.2) is 22.7 Å². The van der Waals surface area contributed by atoms with Crippen LogP contribution >= 0.6 is 15.9 Å². The Hall–Kier alpha value is -0.590. The number of halogens is 1. The van der Waals surface area contributed by atoms with Crippen LogP contribution in [0.4, 0.5) is 0 Å². The monoisotopic (exact) mass is 349 g/mol. The summed E-state index contributed by atoms with van der Waals surface area (Å²) >= 11 is 3.40. The lowest BCUT2D eigenvalue weighted by Crippen LogP contribution is -2.24. The zero-order valence-electron chi connectivity index (χ0n) is 11.4. The van der Waals surface area contributed by atoms with Gasteiger partial charge in [-0.3, -0.25) is 0 Å². The number of methoxy groups -OCH3 is 1. The molecule has 1 rings (SSSR count). The number of hydrogen-bond acceptors (Lipinski definition) is 4. The van der Waals surface area contributed by atoms with Crippen molar-refractivity contribution in [3.05, 3.63) is 28.2 Å². The SMILES string of the molecule is CCNC(CCS(C)(=O)=O)c1ccc(Br)cc1OC. The summed E-state index contributed by atoms with van der Waals surface area (Å²) in [7, 11) is -1.35. The van der Waals surface area contributed by atoms with Gasteiger partial charge in [0.1, 0.15) is 15.6 Å². The maximum absolute atomic E-state index is 11.3. The summed E-state index contributed by atoms with van der Waals surface area (Å²) in [5, 5.41) is 3.31. The minimum absolute atomic E-state index is 0.0252. The minimum atomic E-state index is -2.96. The van der Waals surface area contributed by atoms with Crippen LogP contribution in [0.1, 0.15) is 24.9 Å². The number of benzene rings is 1. The zero-order valence-corrected chi connectivity index (χ0v) is 13.8. The summed E-state index contributed by atoms with van der Waals surface area (Å²) < 4.78 is 28.9. The molecule has 0 heterocycles. The molecule has 0 aromatic heterocycles. The molecule has 0 saturated carbocycles. The molecular weight excluding hydrogens is 330 g/mol. The van der Waals surface area contributed by atoms with Crippen LogP contribution in [-0.2, 0) is 9.84 Å². The normalized spacial score (nSPS) is 13.3. The Bertz CT molecular complexity index is 517. The molecule has 0 aliphatic rings. The molecule has 0 amide bonds. The molecule has 0 fully saturated rings. The Labute approximate surface area is 123 Å². The van der Waals surface area contributed by atoms with Crippen molar-refractivity contribution in [1.82, 2.24) is 5.32 Å². The van der Waals surface area contributed by atoms with E-state index >= 15 is 0 Å². The molecule has 1 N–H and O–H groups in total. The predicted molar refractivity (Wildman–Crippen MR) is 81.4 cm³/mol. The fourth-order valence-electron chi connectivity index (χ4n) is 1.92. The second-order valence-electron chi connectivity index (χ2n) is 4.42. The molecule has 108 valence electrons. The van der Waals surface area contributed by atoms with Crippen molar-refractivity contribution in [3.8, 4) is 5.75 Å². The Morgan fingerprint density at radius 3 is 2.63 bits per heavy atom. The molecule has 6 heteroatoms. The Kier molecular flexibility index (Phi) is 6.29.